The van der Waals surface area contributed by atoms with E-state index >= 15 is 0 Å². The highest BCUT2D eigenvalue weighted by atomic mass is 35.5. The molecule has 1 aliphatic rings. The van der Waals surface area contributed by atoms with Gasteiger partial charge in [0.05, 0.1) is 26.4 Å². The fraction of sp³-hybridized carbons (Fsp3) is 0.571. The fourth-order valence-electron chi connectivity index (χ4n) is 2.80. The first-order valence-corrected chi connectivity index (χ1v) is 6.73. The van der Waals surface area contributed by atoms with Gasteiger partial charge in [0, 0.05) is 17.2 Å². The molecule has 2 N–H and O–H groups in total. The molecule has 106 valence electrons. The van der Waals surface area contributed by atoms with Crippen molar-refractivity contribution < 1.29 is 14.2 Å². The Bertz CT molecular complexity index is 470. The Morgan fingerprint density at radius 1 is 1.05 bits per heavy atom. The number of hydrogen-bond acceptors (Lipinski definition) is 4. The maximum absolute atomic E-state index is 6.53. The van der Waals surface area contributed by atoms with Crippen LogP contribution in [0, 0.1) is 0 Å². The topological polar surface area (TPSA) is 53.7 Å². The molecule has 0 bridgehead atoms. The molecule has 0 unspecified atom stereocenters. The number of hydrogen-bond donors (Lipinski definition) is 1. The van der Waals surface area contributed by atoms with Crippen molar-refractivity contribution in [3.05, 3.63) is 16.7 Å². The van der Waals surface area contributed by atoms with Crippen LogP contribution in [0.25, 0.3) is 0 Å². The van der Waals surface area contributed by atoms with E-state index in [-0.39, 0.29) is 0 Å². The average molecular weight is 286 g/mol. The van der Waals surface area contributed by atoms with Crippen LogP contribution < -0.4 is 19.9 Å². The first-order valence-electron chi connectivity index (χ1n) is 6.35. The van der Waals surface area contributed by atoms with Crippen LogP contribution in [-0.4, -0.2) is 21.3 Å². The van der Waals surface area contributed by atoms with Gasteiger partial charge in [-0.3, -0.25) is 0 Å². The summed E-state index contributed by atoms with van der Waals surface area (Å²) in [7, 11) is 4.77. The van der Waals surface area contributed by atoms with Crippen molar-refractivity contribution in [1.29, 1.82) is 0 Å². The van der Waals surface area contributed by atoms with Crippen molar-refractivity contribution in [2.45, 2.75) is 31.2 Å². The third-order valence-corrected chi connectivity index (χ3v) is 4.16. The lowest BCUT2D eigenvalue weighted by Gasteiger charge is -2.29. The van der Waals surface area contributed by atoms with Crippen LogP contribution in [0.5, 0.6) is 17.2 Å². The van der Waals surface area contributed by atoms with Crippen LogP contribution in [0.3, 0.4) is 0 Å². The molecule has 1 fully saturated rings. The minimum absolute atomic E-state index is 0.468. The van der Waals surface area contributed by atoms with E-state index in [2.05, 4.69) is 0 Å². The molecule has 2 rings (SSSR count). The molecule has 1 aromatic carbocycles. The van der Waals surface area contributed by atoms with Gasteiger partial charge in [0.2, 0.25) is 0 Å². The first-order chi connectivity index (χ1) is 9.07. The zero-order chi connectivity index (χ0) is 14.0. The maximum Gasteiger partial charge on any atom is 0.167 e. The lowest BCUT2D eigenvalue weighted by molar-refractivity contribution is 0.331. The number of methoxy groups -OCH3 is 3. The van der Waals surface area contributed by atoms with Crippen LogP contribution in [0.15, 0.2) is 6.07 Å². The first kappa shape index (κ1) is 14.3. The smallest absolute Gasteiger partial charge is 0.167 e. The van der Waals surface area contributed by atoms with Gasteiger partial charge in [0.25, 0.3) is 0 Å². The molecule has 1 aromatic rings. The molecule has 0 aliphatic heterocycles. The molecule has 0 aromatic heterocycles. The minimum atomic E-state index is -0.468. The second-order valence-corrected chi connectivity index (χ2v) is 5.24. The highest BCUT2D eigenvalue weighted by molar-refractivity contribution is 6.33. The molecule has 0 amide bonds. The number of ether oxygens (including phenoxy) is 3. The van der Waals surface area contributed by atoms with E-state index in [4.69, 9.17) is 31.5 Å². The standard InChI is InChI=1S/C14H20ClNO3/c1-17-9-8-10(18-2)13(19-3)11(12(9)15)14(16)6-4-5-7-14/h8H,4-7,16H2,1-3H3. The zero-order valence-corrected chi connectivity index (χ0v) is 12.3. The lowest BCUT2D eigenvalue weighted by Crippen LogP contribution is -2.34. The fourth-order valence-corrected chi connectivity index (χ4v) is 3.20. The van der Waals surface area contributed by atoms with E-state index in [1.807, 2.05) is 0 Å². The third-order valence-electron chi connectivity index (χ3n) is 3.79. The summed E-state index contributed by atoms with van der Waals surface area (Å²) >= 11 is 6.45. The van der Waals surface area contributed by atoms with Crippen molar-refractivity contribution in [2.24, 2.45) is 5.73 Å². The Labute approximate surface area is 118 Å². The predicted molar refractivity (Wildman–Crippen MR) is 75.4 cm³/mol. The Balaban J connectivity index is 2.68. The van der Waals surface area contributed by atoms with Crippen molar-refractivity contribution >= 4 is 11.6 Å². The van der Waals surface area contributed by atoms with Crippen molar-refractivity contribution in [2.75, 3.05) is 21.3 Å². The second kappa shape index (κ2) is 5.47. The summed E-state index contributed by atoms with van der Waals surface area (Å²) in [4.78, 5) is 0. The molecule has 1 aliphatic carbocycles. The highest BCUT2D eigenvalue weighted by Gasteiger charge is 2.38. The summed E-state index contributed by atoms with van der Waals surface area (Å²) in [5.41, 5.74) is 6.86. The normalized spacial score (nSPS) is 17.3. The van der Waals surface area contributed by atoms with Gasteiger partial charge in [0.1, 0.15) is 5.75 Å². The summed E-state index contributed by atoms with van der Waals surface area (Å²) in [6.07, 6.45) is 3.96. The largest absolute Gasteiger partial charge is 0.495 e. The molecule has 0 radical (unpaired) electrons. The van der Waals surface area contributed by atoms with Crippen molar-refractivity contribution in [3.8, 4) is 17.2 Å². The van der Waals surface area contributed by atoms with Gasteiger partial charge in [0.15, 0.2) is 11.5 Å². The Morgan fingerprint density at radius 2 is 1.63 bits per heavy atom. The Morgan fingerprint density at radius 3 is 2.11 bits per heavy atom. The van der Waals surface area contributed by atoms with Gasteiger partial charge < -0.3 is 19.9 Å². The molecule has 19 heavy (non-hydrogen) atoms. The van der Waals surface area contributed by atoms with Crippen LogP contribution in [-0.2, 0) is 5.54 Å². The number of nitrogens with two attached hydrogens (primary N) is 1. The van der Waals surface area contributed by atoms with Crippen molar-refractivity contribution in [3.63, 3.8) is 0 Å². The highest BCUT2D eigenvalue weighted by Crippen LogP contribution is 2.50. The summed E-state index contributed by atoms with van der Waals surface area (Å²) in [5.74, 6) is 1.76. The summed E-state index contributed by atoms with van der Waals surface area (Å²) in [5, 5.41) is 0.518. The van der Waals surface area contributed by atoms with Gasteiger partial charge in [-0.05, 0) is 12.8 Å². The van der Waals surface area contributed by atoms with E-state index in [0.717, 1.165) is 31.2 Å². The molecule has 0 heterocycles. The zero-order valence-electron chi connectivity index (χ0n) is 11.6. The molecule has 1 saturated carbocycles. The molecule has 4 nitrogen and oxygen atoms in total. The molecule has 0 spiro atoms. The second-order valence-electron chi connectivity index (χ2n) is 4.87. The van der Waals surface area contributed by atoms with Crippen molar-refractivity contribution in [1.82, 2.24) is 0 Å². The van der Waals surface area contributed by atoms with Gasteiger partial charge in [-0.2, -0.15) is 0 Å². The molecule has 0 atom stereocenters. The van der Waals surface area contributed by atoms with E-state index in [9.17, 15) is 0 Å². The number of halogens is 1. The van der Waals surface area contributed by atoms with Gasteiger partial charge in [-0.25, -0.2) is 0 Å². The minimum Gasteiger partial charge on any atom is -0.495 e. The van der Waals surface area contributed by atoms with Crippen LogP contribution in [0.2, 0.25) is 5.02 Å². The van der Waals surface area contributed by atoms with Gasteiger partial charge in [-0.15, -0.1) is 0 Å². The van der Waals surface area contributed by atoms with Gasteiger partial charge >= 0.3 is 0 Å². The average Bonchev–Trinajstić information content (AvgIpc) is 2.85. The summed E-state index contributed by atoms with van der Waals surface area (Å²) in [6, 6.07) is 1.73. The van der Waals surface area contributed by atoms with E-state index in [0.29, 0.717) is 22.3 Å². The SMILES string of the molecule is COc1cc(OC)c(OC)c(C2(N)CCCC2)c1Cl. The van der Waals surface area contributed by atoms with E-state index in [1.165, 1.54) is 0 Å². The van der Waals surface area contributed by atoms with Crippen LogP contribution >= 0.6 is 11.6 Å². The molecule has 5 heteroatoms. The Hall–Kier alpha value is -1.13. The van der Waals surface area contributed by atoms with Crippen LogP contribution in [0.4, 0.5) is 0 Å². The lowest BCUT2D eigenvalue weighted by atomic mass is 9.88. The predicted octanol–water partition coefficient (Wildman–Crippen LogP) is 3.09. The number of benzene rings is 1. The van der Waals surface area contributed by atoms with E-state index < -0.39 is 5.54 Å². The quantitative estimate of drug-likeness (QED) is 0.923. The summed E-state index contributed by atoms with van der Waals surface area (Å²) in [6.45, 7) is 0. The van der Waals surface area contributed by atoms with Gasteiger partial charge in [-0.1, -0.05) is 24.4 Å². The summed E-state index contributed by atoms with van der Waals surface area (Å²) < 4.78 is 16.1. The monoisotopic (exact) mass is 285 g/mol. The van der Waals surface area contributed by atoms with E-state index in [1.54, 1.807) is 27.4 Å². The molecular weight excluding hydrogens is 266 g/mol. The third kappa shape index (κ3) is 2.35. The molecule has 0 saturated heterocycles. The molecular formula is C14H20ClNO3. The Kier molecular flexibility index (Phi) is 4.11. The van der Waals surface area contributed by atoms with Crippen LogP contribution in [0.1, 0.15) is 31.2 Å². The maximum atomic E-state index is 6.53. The number of rotatable bonds is 4.